The number of hydrogen-bond acceptors (Lipinski definition) is 3. The molecule has 0 aliphatic carbocycles. The van der Waals surface area contributed by atoms with Crippen LogP contribution in [0.25, 0.3) is 0 Å². The molecule has 0 atom stereocenters. The number of ether oxygens (including phenoxy) is 1. The van der Waals surface area contributed by atoms with E-state index >= 15 is 0 Å². The monoisotopic (exact) mass is 222 g/mol. The lowest BCUT2D eigenvalue weighted by atomic mass is 10.0. The van der Waals surface area contributed by atoms with Crippen LogP contribution in [0.3, 0.4) is 0 Å². The van der Waals surface area contributed by atoms with Crippen LogP contribution in [0.1, 0.15) is 25.0 Å². The molecule has 1 amide bonds. The van der Waals surface area contributed by atoms with Gasteiger partial charge in [0.25, 0.3) is 0 Å². The van der Waals surface area contributed by atoms with Crippen molar-refractivity contribution in [2.45, 2.75) is 26.7 Å². The summed E-state index contributed by atoms with van der Waals surface area (Å²) < 4.78 is 5.26. The molecule has 4 nitrogen and oxygen atoms in total. The van der Waals surface area contributed by atoms with Crippen LogP contribution in [0.2, 0.25) is 0 Å². The molecule has 0 saturated carbocycles. The molecular formula is C12H18N2O2. The van der Waals surface area contributed by atoms with E-state index in [1.165, 1.54) is 7.05 Å². The third-order valence-corrected chi connectivity index (χ3v) is 2.51. The van der Waals surface area contributed by atoms with E-state index < -0.39 is 6.09 Å². The Bertz CT molecular complexity index is 389. The molecule has 1 aromatic carbocycles. The number of anilines is 1. The molecule has 0 aromatic heterocycles. The molecule has 16 heavy (non-hydrogen) atoms. The van der Waals surface area contributed by atoms with Gasteiger partial charge >= 0.3 is 6.09 Å². The Balaban J connectivity index is 3.19. The minimum atomic E-state index is -0.463. The van der Waals surface area contributed by atoms with E-state index in [1.807, 2.05) is 26.0 Å². The van der Waals surface area contributed by atoms with Crippen molar-refractivity contribution in [3.63, 3.8) is 0 Å². The highest BCUT2D eigenvalue weighted by Gasteiger charge is 2.13. The zero-order valence-electron chi connectivity index (χ0n) is 9.96. The van der Waals surface area contributed by atoms with Crippen molar-refractivity contribution in [2.24, 2.45) is 0 Å². The predicted molar refractivity (Wildman–Crippen MR) is 64.7 cm³/mol. The molecule has 1 aromatic rings. The Kier molecular flexibility index (Phi) is 4.17. The van der Waals surface area contributed by atoms with Crippen molar-refractivity contribution < 1.29 is 9.53 Å². The van der Waals surface area contributed by atoms with Gasteiger partial charge in [-0.25, -0.2) is 4.79 Å². The maximum absolute atomic E-state index is 11.3. The van der Waals surface area contributed by atoms with Crippen molar-refractivity contribution in [3.8, 4) is 5.75 Å². The molecular weight excluding hydrogens is 204 g/mol. The SMILES string of the molecule is CCc1ccc(N)c(CC)c1OC(=O)NC. The second-order valence-electron chi connectivity index (χ2n) is 3.47. The fraction of sp³-hybridized carbons (Fsp3) is 0.417. The van der Waals surface area contributed by atoms with Crippen molar-refractivity contribution in [3.05, 3.63) is 23.3 Å². The maximum Gasteiger partial charge on any atom is 0.412 e. The summed E-state index contributed by atoms with van der Waals surface area (Å²) in [7, 11) is 1.53. The number of rotatable bonds is 3. The van der Waals surface area contributed by atoms with Crippen LogP contribution < -0.4 is 15.8 Å². The average molecular weight is 222 g/mol. The van der Waals surface area contributed by atoms with Crippen LogP contribution >= 0.6 is 0 Å². The van der Waals surface area contributed by atoms with Crippen molar-refractivity contribution >= 4 is 11.8 Å². The normalized spacial score (nSPS) is 9.94. The molecule has 0 fully saturated rings. The molecule has 0 aliphatic rings. The molecule has 0 spiro atoms. The van der Waals surface area contributed by atoms with Gasteiger partial charge in [0.1, 0.15) is 5.75 Å². The van der Waals surface area contributed by atoms with Gasteiger partial charge in [0.2, 0.25) is 0 Å². The summed E-state index contributed by atoms with van der Waals surface area (Å²) in [5.74, 6) is 0.601. The molecule has 0 bridgehead atoms. The fourth-order valence-corrected chi connectivity index (χ4v) is 1.61. The topological polar surface area (TPSA) is 64.3 Å². The summed E-state index contributed by atoms with van der Waals surface area (Å²) in [5.41, 5.74) is 8.41. The average Bonchev–Trinajstić information content (AvgIpc) is 2.29. The first-order valence-electron chi connectivity index (χ1n) is 5.43. The standard InChI is InChI=1S/C12H18N2O2/c1-4-8-6-7-10(13)9(5-2)11(8)16-12(15)14-3/h6-7H,4-5,13H2,1-3H3,(H,14,15). The zero-order chi connectivity index (χ0) is 12.1. The summed E-state index contributed by atoms with van der Waals surface area (Å²) in [6.07, 6.45) is 1.08. The first-order valence-corrected chi connectivity index (χ1v) is 5.43. The number of hydrogen-bond donors (Lipinski definition) is 2. The van der Waals surface area contributed by atoms with E-state index in [2.05, 4.69) is 5.32 Å². The van der Waals surface area contributed by atoms with Crippen molar-refractivity contribution in [1.29, 1.82) is 0 Å². The number of nitrogen functional groups attached to an aromatic ring is 1. The van der Waals surface area contributed by atoms with Crippen LogP contribution in [0.5, 0.6) is 5.75 Å². The fourth-order valence-electron chi connectivity index (χ4n) is 1.61. The first-order chi connectivity index (χ1) is 7.63. The Labute approximate surface area is 95.8 Å². The highest BCUT2D eigenvalue weighted by Crippen LogP contribution is 2.30. The largest absolute Gasteiger partial charge is 0.412 e. The quantitative estimate of drug-likeness (QED) is 0.770. The highest BCUT2D eigenvalue weighted by atomic mass is 16.6. The Morgan fingerprint density at radius 2 is 2.06 bits per heavy atom. The number of carbonyl (C=O) groups is 1. The molecule has 0 unspecified atom stereocenters. The molecule has 0 saturated heterocycles. The lowest BCUT2D eigenvalue weighted by Crippen LogP contribution is -2.23. The third kappa shape index (κ3) is 2.45. The van der Waals surface area contributed by atoms with Crippen LogP contribution in [0.4, 0.5) is 10.5 Å². The lowest BCUT2D eigenvalue weighted by molar-refractivity contribution is 0.202. The number of aryl methyl sites for hydroxylation is 1. The van der Waals surface area contributed by atoms with Crippen LogP contribution in [-0.2, 0) is 12.8 Å². The lowest BCUT2D eigenvalue weighted by Gasteiger charge is -2.14. The Hall–Kier alpha value is -1.71. The van der Waals surface area contributed by atoms with Gasteiger partial charge < -0.3 is 15.8 Å². The third-order valence-electron chi connectivity index (χ3n) is 2.51. The van der Waals surface area contributed by atoms with Gasteiger partial charge in [-0.05, 0) is 24.5 Å². The van der Waals surface area contributed by atoms with Crippen LogP contribution in [-0.4, -0.2) is 13.1 Å². The molecule has 0 radical (unpaired) electrons. The summed E-state index contributed by atoms with van der Waals surface area (Å²) in [5, 5.41) is 2.43. The van der Waals surface area contributed by atoms with Crippen LogP contribution in [0, 0.1) is 0 Å². The highest BCUT2D eigenvalue weighted by molar-refractivity contribution is 5.72. The molecule has 1 rings (SSSR count). The van der Waals surface area contributed by atoms with E-state index in [0.29, 0.717) is 11.4 Å². The number of nitrogens with two attached hydrogens (primary N) is 1. The maximum atomic E-state index is 11.3. The summed E-state index contributed by atoms with van der Waals surface area (Å²) in [6.45, 7) is 4.00. The summed E-state index contributed by atoms with van der Waals surface area (Å²) in [4.78, 5) is 11.3. The Morgan fingerprint density at radius 1 is 1.38 bits per heavy atom. The Morgan fingerprint density at radius 3 is 2.56 bits per heavy atom. The van der Waals surface area contributed by atoms with Gasteiger partial charge in [-0.3, -0.25) is 0 Å². The molecule has 3 N–H and O–H groups in total. The number of nitrogens with one attached hydrogen (secondary N) is 1. The second kappa shape index (κ2) is 5.39. The van der Waals surface area contributed by atoms with Crippen LogP contribution in [0.15, 0.2) is 12.1 Å². The number of benzene rings is 1. The summed E-state index contributed by atoms with van der Waals surface area (Å²) in [6, 6.07) is 3.75. The molecule has 88 valence electrons. The van der Waals surface area contributed by atoms with E-state index in [9.17, 15) is 4.79 Å². The minimum absolute atomic E-state index is 0.463. The van der Waals surface area contributed by atoms with E-state index in [4.69, 9.17) is 10.5 Å². The summed E-state index contributed by atoms with van der Waals surface area (Å²) >= 11 is 0. The van der Waals surface area contributed by atoms with Crippen molar-refractivity contribution in [1.82, 2.24) is 5.32 Å². The smallest absolute Gasteiger partial charge is 0.410 e. The van der Waals surface area contributed by atoms with Gasteiger partial charge in [0.05, 0.1) is 0 Å². The first kappa shape index (κ1) is 12.4. The van der Waals surface area contributed by atoms with Gasteiger partial charge in [0.15, 0.2) is 0 Å². The van der Waals surface area contributed by atoms with E-state index in [-0.39, 0.29) is 0 Å². The molecule has 0 heterocycles. The zero-order valence-corrected chi connectivity index (χ0v) is 9.96. The predicted octanol–water partition coefficient (Wildman–Crippen LogP) is 2.11. The number of carbonyl (C=O) groups excluding carboxylic acids is 1. The molecule has 4 heteroatoms. The molecule has 0 aliphatic heterocycles. The van der Waals surface area contributed by atoms with E-state index in [1.54, 1.807) is 0 Å². The minimum Gasteiger partial charge on any atom is -0.410 e. The van der Waals surface area contributed by atoms with Gasteiger partial charge in [-0.1, -0.05) is 19.9 Å². The van der Waals surface area contributed by atoms with E-state index in [0.717, 1.165) is 24.0 Å². The number of amides is 1. The van der Waals surface area contributed by atoms with Gasteiger partial charge in [-0.15, -0.1) is 0 Å². The van der Waals surface area contributed by atoms with Gasteiger partial charge in [0, 0.05) is 18.3 Å². The van der Waals surface area contributed by atoms with Gasteiger partial charge in [-0.2, -0.15) is 0 Å². The van der Waals surface area contributed by atoms with Crippen molar-refractivity contribution in [2.75, 3.05) is 12.8 Å². The second-order valence-corrected chi connectivity index (χ2v) is 3.47.